The zero-order valence-corrected chi connectivity index (χ0v) is 11.0. The molecular weight excluding hydrogens is 228 g/mol. The van der Waals surface area contributed by atoms with Crippen LogP contribution >= 0.6 is 0 Å². The van der Waals surface area contributed by atoms with Crippen molar-refractivity contribution in [3.05, 3.63) is 34.9 Å². The molecule has 96 valence electrons. The summed E-state index contributed by atoms with van der Waals surface area (Å²) in [6.07, 6.45) is 0. The molecule has 1 heterocycles. The van der Waals surface area contributed by atoms with E-state index < -0.39 is 6.04 Å². The van der Waals surface area contributed by atoms with E-state index in [1.165, 1.54) is 0 Å². The van der Waals surface area contributed by atoms with Gasteiger partial charge in [0.1, 0.15) is 6.04 Å². The fraction of sp³-hybridized carbons (Fsp3) is 0.429. The van der Waals surface area contributed by atoms with E-state index in [1.807, 2.05) is 32.0 Å². The molecule has 0 saturated carbocycles. The summed E-state index contributed by atoms with van der Waals surface area (Å²) in [6.45, 7) is 6.71. The van der Waals surface area contributed by atoms with Crippen molar-refractivity contribution < 1.29 is 9.59 Å². The number of aryl methyl sites for hydroxylation is 2. The van der Waals surface area contributed by atoms with Crippen LogP contribution in [0.1, 0.15) is 28.4 Å². The largest absolute Gasteiger partial charge is 0.353 e. The van der Waals surface area contributed by atoms with Crippen LogP contribution in [0.25, 0.3) is 0 Å². The number of carbonyl (C=O) groups is 2. The molecule has 1 aromatic rings. The molecule has 1 aliphatic rings. The van der Waals surface area contributed by atoms with Crippen molar-refractivity contribution in [2.45, 2.75) is 26.8 Å². The number of benzene rings is 1. The molecule has 0 radical (unpaired) electrons. The summed E-state index contributed by atoms with van der Waals surface area (Å²) < 4.78 is 0. The van der Waals surface area contributed by atoms with Gasteiger partial charge >= 0.3 is 0 Å². The molecule has 1 aliphatic heterocycles. The third-order valence-electron chi connectivity index (χ3n) is 3.45. The van der Waals surface area contributed by atoms with E-state index in [2.05, 4.69) is 5.32 Å². The van der Waals surface area contributed by atoms with E-state index in [0.717, 1.165) is 16.7 Å². The Kier molecular flexibility index (Phi) is 3.36. The lowest BCUT2D eigenvalue weighted by Crippen LogP contribution is -2.56. The van der Waals surface area contributed by atoms with Crippen LogP contribution in [0, 0.1) is 13.8 Å². The van der Waals surface area contributed by atoms with Crippen molar-refractivity contribution in [1.29, 1.82) is 0 Å². The summed E-state index contributed by atoms with van der Waals surface area (Å²) in [6, 6.07) is 5.39. The standard InChI is InChI=1S/C14H18N2O2/c1-9-5-4-6-10(2)12(9)14(18)16-8-7-15-13(17)11(16)3/h4-6,11H,7-8H2,1-3H3,(H,15,17). The van der Waals surface area contributed by atoms with Gasteiger partial charge in [0.2, 0.25) is 5.91 Å². The van der Waals surface area contributed by atoms with Crippen LogP contribution in [0.15, 0.2) is 18.2 Å². The molecule has 4 nitrogen and oxygen atoms in total. The topological polar surface area (TPSA) is 49.4 Å². The fourth-order valence-electron chi connectivity index (χ4n) is 2.36. The number of nitrogens with zero attached hydrogens (tertiary/aromatic N) is 1. The molecule has 18 heavy (non-hydrogen) atoms. The average molecular weight is 246 g/mol. The van der Waals surface area contributed by atoms with E-state index in [1.54, 1.807) is 11.8 Å². The minimum Gasteiger partial charge on any atom is -0.353 e. The highest BCUT2D eigenvalue weighted by molar-refractivity contribution is 6.00. The molecule has 1 unspecified atom stereocenters. The first kappa shape index (κ1) is 12.6. The number of piperazine rings is 1. The normalized spacial score (nSPS) is 19.6. The quantitative estimate of drug-likeness (QED) is 0.811. The van der Waals surface area contributed by atoms with Crippen molar-refractivity contribution in [3.63, 3.8) is 0 Å². The van der Waals surface area contributed by atoms with Crippen LogP contribution in [-0.2, 0) is 4.79 Å². The summed E-state index contributed by atoms with van der Waals surface area (Å²) >= 11 is 0. The summed E-state index contributed by atoms with van der Waals surface area (Å²) in [5.74, 6) is -0.131. The van der Waals surface area contributed by atoms with Crippen LogP contribution in [0.5, 0.6) is 0 Å². The zero-order chi connectivity index (χ0) is 13.3. The van der Waals surface area contributed by atoms with Gasteiger partial charge in [0.25, 0.3) is 5.91 Å². The Morgan fingerprint density at radius 1 is 1.33 bits per heavy atom. The lowest BCUT2D eigenvalue weighted by atomic mass is 10.0. The maximum Gasteiger partial charge on any atom is 0.255 e. The molecule has 1 N–H and O–H groups in total. The molecular formula is C14H18N2O2. The summed E-state index contributed by atoms with van der Waals surface area (Å²) in [4.78, 5) is 25.8. The highest BCUT2D eigenvalue weighted by atomic mass is 16.2. The first-order valence-corrected chi connectivity index (χ1v) is 6.17. The molecule has 1 aromatic carbocycles. The minimum absolute atomic E-state index is 0.0482. The first-order chi connectivity index (χ1) is 8.52. The molecule has 2 amide bonds. The first-order valence-electron chi connectivity index (χ1n) is 6.17. The second-order valence-corrected chi connectivity index (χ2v) is 4.73. The van der Waals surface area contributed by atoms with Crippen LogP contribution < -0.4 is 5.32 Å². The van der Waals surface area contributed by atoms with E-state index >= 15 is 0 Å². The smallest absolute Gasteiger partial charge is 0.255 e. The SMILES string of the molecule is Cc1cccc(C)c1C(=O)N1CCNC(=O)C1C. The maximum absolute atomic E-state index is 12.5. The van der Waals surface area contributed by atoms with Gasteiger partial charge in [-0.05, 0) is 31.9 Å². The molecule has 0 bridgehead atoms. The molecule has 2 rings (SSSR count). The van der Waals surface area contributed by atoms with E-state index in [4.69, 9.17) is 0 Å². The van der Waals surface area contributed by atoms with E-state index in [0.29, 0.717) is 13.1 Å². The number of nitrogens with one attached hydrogen (secondary N) is 1. The van der Waals surface area contributed by atoms with Gasteiger partial charge in [-0.25, -0.2) is 0 Å². The van der Waals surface area contributed by atoms with Crippen molar-refractivity contribution in [2.24, 2.45) is 0 Å². The van der Waals surface area contributed by atoms with Crippen LogP contribution in [-0.4, -0.2) is 35.8 Å². The van der Waals surface area contributed by atoms with Gasteiger partial charge in [-0.3, -0.25) is 9.59 Å². The predicted octanol–water partition coefficient (Wildman–Crippen LogP) is 1.26. The van der Waals surface area contributed by atoms with E-state index in [9.17, 15) is 9.59 Å². The Bertz CT molecular complexity index is 476. The maximum atomic E-state index is 12.5. The Morgan fingerprint density at radius 3 is 2.56 bits per heavy atom. The average Bonchev–Trinajstić information content (AvgIpc) is 2.32. The van der Waals surface area contributed by atoms with Crippen molar-refractivity contribution in [1.82, 2.24) is 10.2 Å². The molecule has 0 aliphatic carbocycles. The monoisotopic (exact) mass is 246 g/mol. The number of carbonyl (C=O) groups excluding carboxylic acids is 2. The fourth-order valence-corrected chi connectivity index (χ4v) is 2.36. The Hall–Kier alpha value is -1.84. The lowest BCUT2D eigenvalue weighted by molar-refractivity contribution is -0.127. The second kappa shape index (κ2) is 4.80. The van der Waals surface area contributed by atoms with Gasteiger partial charge < -0.3 is 10.2 Å². The van der Waals surface area contributed by atoms with E-state index in [-0.39, 0.29) is 11.8 Å². The molecule has 0 aromatic heterocycles. The van der Waals surface area contributed by atoms with Gasteiger partial charge in [0, 0.05) is 18.7 Å². The molecule has 0 spiro atoms. The highest BCUT2D eigenvalue weighted by Crippen LogP contribution is 2.18. The second-order valence-electron chi connectivity index (χ2n) is 4.73. The van der Waals surface area contributed by atoms with Crippen molar-refractivity contribution in [3.8, 4) is 0 Å². The van der Waals surface area contributed by atoms with Gasteiger partial charge in [-0.15, -0.1) is 0 Å². The van der Waals surface area contributed by atoms with Crippen LogP contribution in [0.4, 0.5) is 0 Å². The molecule has 4 heteroatoms. The summed E-state index contributed by atoms with van der Waals surface area (Å²) in [5, 5.41) is 2.76. The Balaban J connectivity index is 2.34. The van der Waals surface area contributed by atoms with Gasteiger partial charge in [0.05, 0.1) is 0 Å². The van der Waals surface area contributed by atoms with Gasteiger partial charge in [-0.2, -0.15) is 0 Å². The number of amides is 2. The Morgan fingerprint density at radius 2 is 1.94 bits per heavy atom. The number of hydrogen-bond donors (Lipinski definition) is 1. The molecule has 1 saturated heterocycles. The highest BCUT2D eigenvalue weighted by Gasteiger charge is 2.30. The van der Waals surface area contributed by atoms with Crippen LogP contribution in [0.2, 0.25) is 0 Å². The molecule has 1 atom stereocenters. The van der Waals surface area contributed by atoms with Gasteiger partial charge in [0.15, 0.2) is 0 Å². The predicted molar refractivity (Wildman–Crippen MR) is 69.4 cm³/mol. The summed E-state index contributed by atoms with van der Waals surface area (Å²) in [5.41, 5.74) is 2.63. The number of hydrogen-bond acceptors (Lipinski definition) is 2. The molecule has 1 fully saturated rings. The zero-order valence-electron chi connectivity index (χ0n) is 11.0. The lowest BCUT2D eigenvalue weighted by Gasteiger charge is -2.33. The van der Waals surface area contributed by atoms with Gasteiger partial charge in [-0.1, -0.05) is 18.2 Å². The van der Waals surface area contributed by atoms with Crippen molar-refractivity contribution >= 4 is 11.8 Å². The van der Waals surface area contributed by atoms with Crippen LogP contribution in [0.3, 0.4) is 0 Å². The summed E-state index contributed by atoms with van der Waals surface area (Å²) in [7, 11) is 0. The third-order valence-corrected chi connectivity index (χ3v) is 3.45. The third kappa shape index (κ3) is 2.10. The number of rotatable bonds is 1. The Labute approximate surface area is 107 Å². The van der Waals surface area contributed by atoms with Crippen molar-refractivity contribution in [2.75, 3.05) is 13.1 Å². The minimum atomic E-state index is -0.398.